The van der Waals surface area contributed by atoms with Gasteiger partial charge < -0.3 is 10.3 Å². The van der Waals surface area contributed by atoms with E-state index in [2.05, 4.69) is 41.3 Å². The van der Waals surface area contributed by atoms with E-state index in [1.165, 1.54) is 0 Å². The van der Waals surface area contributed by atoms with Crippen molar-refractivity contribution in [1.82, 2.24) is 25.3 Å². The lowest BCUT2D eigenvalue weighted by atomic mass is 10.3. The summed E-state index contributed by atoms with van der Waals surface area (Å²) < 4.78 is 5.97. The lowest BCUT2D eigenvalue weighted by Crippen LogP contribution is -1.83. The van der Waals surface area contributed by atoms with Crippen LogP contribution in [0.5, 0.6) is 0 Å². The summed E-state index contributed by atoms with van der Waals surface area (Å²) in [7, 11) is 0. The van der Waals surface area contributed by atoms with E-state index >= 15 is 0 Å². The Hall–Kier alpha value is -2.22. The minimum absolute atomic E-state index is 0.328. The van der Waals surface area contributed by atoms with Crippen LogP contribution in [-0.4, -0.2) is 25.3 Å². The molecule has 3 N–H and O–H groups in total. The van der Waals surface area contributed by atoms with Gasteiger partial charge in [0.15, 0.2) is 0 Å². The molecule has 0 aliphatic rings. The zero-order valence-electron chi connectivity index (χ0n) is 8.96. The number of pyridine rings is 1. The first-order valence-corrected chi connectivity index (χ1v) is 5.77. The summed E-state index contributed by atoms with van der Waals surface area (Å²) >= 11 is 3.33. The second-order valence-corrected chi connectivity index (χ2v) is 4.44. The van der Waals surface area contributed by atoms with Gasteiger partial charge in [0.2, 0.25) is 5.82 Å². The average molecular weight is 307 g/mol. The highest BCUT2D eigenvalue weighted by atomic mass is 79.9. The maximum atomic E-state index is 5.51. The Labute approximate surface area is 110 Å². The van der Waals surface area contributed by atoms with E-state index in [9.17, 15) is 0 Å². The fourth-order valence-corrected chi connectivity index (χ4v) is 1.80. The highest BCUT2D eigenvalue weighted by molar-refractivity contribution is 9.10. The molecule has 8 heteroatoms. The average Bonchev–Trinajstić information content (AvgIpc) is 2.97. The van der Waals surface area contributed by atoms with Gasteiger partial charge in [-0.15, -0.1) is 0 Å². The van der Waals surface area contributed by atoms with Crippen molar-refractivity contribution in [1.29, 1.82) is 0 Å². The van der Waals surface area contributed by atoms with Crippen molar-refractivity contribution in [2.75, 3.05) is 5.73 Å². The van der Waals surface area contributed by atoms with Crippen LogP contribution in [0.4, 0.5) is 5.82 Å². The number of nitrogens with one attached hydrogen (secondary N) is 1. The van der Waals surface area contributed by atoms with Gasteiger partial charge in [0, 0.05) is 28.5 Å². The third-order valence-corrected chi connectivity index (χ3v) is 2.65. The number of aromatic nitrogens is 5. The molecule has 0 amide bonds. The van der Waals surface area contributed by atoms with Crippen molar-refractivity contribution >= 4 is 21.7 Å². The molecular weight excluding hydrogens is 300 g/mol. The fourth-order valence-electron chi connectivity index (χ4n) is 1.43. The van der Waals surface area contributed by atoms with E-state index in [0.29, 0.717) is 23.2 Å². The fraction of sp³-hybridized carbons (Fsp3) is 0. The first-order chi connectivity index (χ1) is 8.72. The molecule has 0 atom stereocenters. The minimum atomic E-state index is 0.328. The number of aromatic amines is 1. The summed E-state index contributed by atoms with van der Waals surface area (Å²) in [5.41, 5.74) is 6.84. The topological polar surface area (TPSA) is 107 Å². The van der Waals surface area contributed by atoms with Crippen LogP contribution >= 0.6 is 15.9 Å². The molecule has 0 saturated carbocycles. The Morgan fingerprint density at radius 1 is 1.28 bits per heavy atom. The van der Waals surface area contributed by atoms with Crippen molar-refractivity contribution < 1.29 is 4.52 Å². The Morgan fingerprint density at radius 3 is 2.89 bits per heavy atom. The molecule has 0 bridgehead atoms. The summed E-state index contributed by atoms with van der Waals surface area (Å²) in [6, 6.07) is 3.47. The highest BCUT2D eigenvalue weighted by Gasteiger charge is 2.12. The van der Waals surface area contributed by atoms with Crippen LogP contribution in [0.3, 0.4) is 0 Å². The third kappa shape index (κ3) is 1.97. The molecule has 3 rings (SSSR count). The second-order valence-electron chi connectivity index (χ2n) is 3.52. The molecule has 0 spiro atoms. The standard InChI is InChI=1S/C10H7BrN6O/c11-6-1-5(3-13-4-6)9-14-10(18-17-9)7-2-8(12)16-15-7/h1-4H,(H3,12,15,16). The normalized spacial score (nSPS) is 10.7. The zero-order valence-corrected chi connectivity index (χ0v) is 10.5. The summed E-state index contributed by atoms with van der Waals surface area (Å²) in [6.07, 6.45) is 3.33. The van der Waals surface area contributed by atoms with Crippen molar-refractivity contribution in [3.05, 3.63) is 29.0 Å². The highest BCUT2D eigenvalue weighted by Crippen LogP contribution is 2.22. The maximum Gasteiger partial charge on any atom is 0.276 e. The first-order valence-electron chi connectivity index (χ1n) is 4.98. The largest absolute Gasteiger partial charge is 0.382 e. The van der Waals surface area contributed by atoms with Crippen molar-refractivity contribution in [3.8, 4) is 23.0 Å². The molecule has 0 saturated heterocycles. The van der Waals surface area contributed by atoms with Crippen LogP contribution in [0, 0.1) is 0 Å². The molecule has 7 nitrogen and oxygen atoms in total. The first kappa shape index (κ1) is 10.9. The summed E-state index contributed by atoms with van der Waals surface area (Å²) in [4.78, 5) is 8.28. The van der Waals surface area contributed by atoms with Gasteiger partial charge >= 0.3 is 0 Å². The van der Waals surface area contributed by atoms with E-state index in [0.717, 1.165) is 10.0 Å². The molecule has 3 aromatic heterocycles. The number of anilines is 1. The summed E-state index contributed by atoms with van der Waals surface area (Å²) in [6.45, 7) is 0. The van der Waals surface area contributed by atoms with E-state index < -0.39 is 0 Å². The molecule has 3 heterocycles. The van der Waals surface area contributed by atoms with Crippen LogP contribution in [0.15, 0.2) is 33.5 Å². The molecule has 3 aromatic rings. The lowest BCUT2D eigenvalue weighted by molar-refractivity contribution is 0.431. The SMILES string of the molecule is Nc1cc(-c2nc(-c3cncc(Br)c3)no2)[nH]n1. The van der Waals surface area contributed by atoms with E-state index in [-0.39, 0.29) is 0 Å². The third-order valence-electron chi connectivity index (χ3n) is 2.22. The van der Waals surface area contributed by atoms with Gasteiger partial charge in [-0.05, 0) is 22.0 Å². The summed E-state index contributed by atoms with van der Waals surface area (Å²) in [5.74, 6) is 1.15. The molecule has 0 aliphatic heterocycles. The van der Waals surface area contributed by atoms with Crippen molar-refractivity contribution in [2.45, 2.75) is 0 Å². The van der Waals surface area contributed by atoms with Crippen LogP contribution in [0.25, 0.3) is 23.0 Å². The smallest absolute Gasteiger partial charge is 0.276 e. The molecule has 0 aliphatic carbocycles. The van der Waals surface area contributed by atoms with Gasteiger partial charge in [-0.25, -0.2) is 0 Å². The van der Waals surface area contributed by atoms with Gasteiger partial charge in [-0.1, -0.05) is 5.16 Å². The van der Waals surface area contributed by atoms with Crippen LogP contribution in [-0.2, 0) is 0 Å². The number of H-pyrrole nitrogens is 1. The Kier molecular flexibility index (Phi) is 2.56. The number of rotatable bonds is 2. The lowest BCUT2D eigenvalue weighted by Gasteiger charge is -1.93. The minimum Gasteiger partial charge on any atom is -0.382 e. The molecule has 0 unspecified atom stereocenters. The van der Waals surface area contributed by atoms with Crippen LogP contribution in [0.2, 0.25) is 0 Å². The van der Waals surface area contributed by atoms with Gasteiger partial charge in [0.1, 0.15) is 11.5 Å². The van der Waals surface area contributed by atoms with E-state index in [1.807, 2.05) is 6.07 Å². The molecule has 0 radical (unpaired) electrons. The van der Waals surface area contributed by atoms with Gasteiger partial charge in [-0.2, -0.15) is 10.1 Å². The molecule has 0 fully saturated rings. The Morgan fingerprint density at radius 2 is 2.17 bits per heavy atom. The maximum absolute atomic E-state index is 5.51. The summed E-state index contributed by atoms with van der Waals surface area (Å²) in [5, 5.41) is 10.4. The predicted octanol–water partition coefficient (Wildman–Crippen LogP) is 1.87. The number of hydrogen-bond donors (Lipinski definition) is 2. The van der Waals surface area contributed by atoms with E-state index in [1.54, 1.807) is 18.5 Å². The van der Waals surface area contributed by atoms with Crippen LogP contribution in [0.1, 0.15) is 0 Å². The zero-order chi connectivity index (χ0) is 12.5. The second kappa shape index (κ2) is 4.22. The number of hydrogen-bond acceptors (Lipinski definition) is 6. The van der Waals surface area contributed by atoms with E-state index in [4.69, 9.17) is 10.3 Å². The number of nitrogens with zero attached hydrogens (tertiary/aromatic N) is 4. The molecular formula is C10H7BrN6O. The van der Waals surface area contributed by atoms with Gasteiger partial charge in [0.05, 0.1) is 0 Å². The number of nitrogen functional groups attached to an aromatic ring is 1. The molecule has 0 aromatic carbocycles. The van der Waals surface area contributed by atoms with Crippen LogP contribution < -0.4 is 5.73 Å². The molecule has 18 heavy (non-hydrogen) atoms. The number of nitrogens with two attached hydrogens (primary N) is 1. The van der Waals surface area contributed by atoms with Gasteiger partial charge in [-0.3, -0.25) is 10.1 Å². The quantitative estimate of drug-likeness (QED) is 0.748. The number of halogens is 1. The monoisotopic (exact) mass is 306 g/mol. The van der Waals surface area contributed by atoms with Crippen molar-refractivity contribution in [2.24, 2.45) is 0 Å². The Bertz CT molecular complexity index is 691. The predicted molar refractivity (Wildman–Crippen MR) is 67.2 cm³/mol. The van der Waals surface area contributed by atoms with Crippen molar-refractivity contribution in [3.63, 3.8) is 0 Å². The Balaban J connectivity index is 1.99. The molecule has 90 valence electrons. The van der Waals surface area contributed by atoms with Gasteiger partial charge in [0.25, 0.3) is 5.89 Å².